The van der Waals surface area contributed by atoms with Crippen LogP contribution < -0.4 is 5.32 Å². The second kappa shape index (κ2) is 8.51. The molecule has 0 radical (unpaired) electrons. The first-order chi connectivity index (χ1) is 15.6. The second-order valence-electron chi connectivity index (χ2n) is 8.40. The molecule has 1 aromatic carbocycles. The average molecular weight is 428 g/mol. The molecule has 3 aromatic heterocycles. The van der Waals surface area contributed by atoms with E-state index in [0.29, 0.717) is 17.5 Å². The molecule has 0 bridgehead atoms. The molecule has 0 unspecified atom stereocenters. The van der Waals surface area contributed by atoms with Crippen molar-refractivity contribution in [3.05, 3.63) is 77.7 Å². The molecule has 0 saturated heterocycles. The molecule has 1 saturated carbocycles. The van der Waals surface area contributed by atoms with E-state index in [9.17, 15) is 9.90 Å². The number of hydrogen-bond donors (Lipinski definition) is 2. The molecule has 2 atom stereocenters. The molecule has 162 valence electrons. The van der Waals surface area contributed by atoms with Crippen LogP contribution in [0, 0.1) is 0 Å². The van der Waals surface area contributed by atoms with E-state index in [2.05, 4.69) is 26.4 Å². The van der Waals surface area contributed by atoms with Gasteiger partial charge in [0.1, 0.15) is 5.69 Å². The molecule has 32 heavy (non-hydrogen) atoms. The number of hydrogen-bond acceptors (Lipinski definition) is 5. The van der Waals surface area contributed by atoms with Gasteiger partial charge in [0.25, 0.3) is 5.91 Å². The summed E-state index contributed by atoms with van der Waals surface area (Å²) in [5, 5.41) is 18.4. The summed E-state index contributed by atoms with van der Waals surface area (Å²) in [4.78, 5) is 22.1. The second-order valence-corrected chi connectivity index (χ2v) is 8.40. The zero-order valence-electron chi connectivity index (χ0n) is 17.9. The Kier molecular flexibility index (Phi) is 5.41. The van der Waals surface area contributed by atoms with E-state index < -0.39 is 6.10 Å². The molecule has 7 heteroatoms. The van der Waals surface area contributed by atoms with Crippen molar-refractivity contribution in [2.24, 2.45) is 7.05 Å². The number of nitrogens with zero attached hydrogens (tertiary/aromatic N) is 4. The van der Waals surface area contributed by atoms with Crippen molar-refractivity contribution in [2.75, 3.05) is 0 Å². The Balaban J connectivity index is 1.42. The Hall–Kier alpha value is -3.58. The van der Waals surface area contributed by atoms with Crippen molar-refractivity contribution in [3.63, 3.8) is 0 Å². The average Bonchev–Trinajstić information content (AvgIpc) is 3.41. The number of fused-ring (bicyclic) bond motifs is 1. The fourth-order valence-electron chi connectivity index (χ4n) is 4.35. The monoisotopic (exact) mass is 427 g/mol. The van der Waals surface area contributed by atoms with Gasteiger partial charge in [-0.25, -0.2) is 0 Å². The smallest absolute Gasteiger partial charge is 0.253 e. The molecular formula is C25H25N5O2. The molecule has 1 fully saturated rings. The number of pyridine rings is 2. The summed E-state index contributed by atoms with van der Waals surface area (Å²) in [7, 11) is 1.88. The summed E-state index contributed by atoms with van der Waals surface area (Å²) in [6, 6.07) is 13.6. The van der Waals surface area contributed by atoms with Crippen molar-refractivity contribution in [1.82, 2.24) is 25.1 Å². The molecule has 3 heterocycles. The highest BCUT2D eigenvalue weighted by Gasteiger charge is 2.27. The minimum absolute atomic E-state index is 0.190. The van der Waals surface area contributed by atoms with E-state index in [1.165, 1.54) is 0 Å². The summed E-state index contributed by atoms with van der Waals surface area (Å²) >= 11 is 0. The van der Waals surface area contributed by atoms with Crippen LogP contribution in [0.4, 0.5) is 0 Å². The molecular weight excluding hydrogens is 402 g/mol. The van der Waals surface area contributed by atoms with E-state index in [4.69, 9.17) is 0 Å². The van der Waals surface area contributed by atoms with Crippen LogP contribution in [0.3, 0.4) is 0 Å². The fourth-order valence-corrected chi connectivity index (χ4v) is 4.35. The number of aliphatic hydroxyl groups excluding tert-OH is 1. The van der Waals surface area contributed by atoms with E-state index in [1.807, 2.05) is 55.8 Å². The molecule has 1 aliphatic rings. The number of aliphatic hydroxyl groups is 1. The van der Waals surface area contributed by atoms with Gasteiger partial charge >= 0.3 is 0 Å². The molecule has 7 nitrogen and oxygen atoms in total. The first-order valence-electron chi connectivity index (χ1n) is 10.9. The van der Waals surface area contributed by atoms with Gasteiger partial charge in [-0.05, 0) is 67.1 Å². The Labute approximate surface area is 186 Å². The molecule has 5 rings (SSSR count). The van der Waals surface area contributed by atoms with Gasteiger partial charge in [0.2, 0.25) is 0 Å². The van der Waals surface area contributed by atoms with E-state index in [1.54, 1.807) is 10.9 Å². The lowest BCUT2D eigenvalue weighted by Gasteiger charge is -2.17. The normalized spacial score (nSPS) is 18.2. The summed E-state index contributed by atoms with van der Waals surface area (Å²) in [6.07, 6.45) is 8.06. The SMILES string of the molecule is Cn1ccc(-c2ccc(Cc3cc(C(=O)N[C@H]4CCC[C@@H]4O)c4ncccc4c3)cn2)n1. The van der Waals surface area contributed by atoms with Crippen LogP contribution in [0.25, 0.3) is 22.3 Å². The predicted molar refractivity (Wildman–Crippen MR) is 122 cm³/mol. The van der Waals surface area contributed by atoms with Crippen LogP contribution in [0.15, 0.2) is 61.1 Å². The van der Waals surface area contributed by atoms with Crippen LogP contribution in [-0.4, -0.2) is 42.9 Å². The highest BCUT2D eigenvalue weighted by Crippen LogP contribution is 2.24. The number of benzene rings is 1. The van der Waals surface area contributed by atoms with Gasteiger partial charge in [-0.3, -0.25) is 19.4 Å². The number of nitrogens with one attached hydrogen (secondary N) is 1. The predicted octanol–water partition coefficient (Wildman–Crippen LogP) is 3.26. The Morgan fingerprint density at radius 2 is 2.03 bits per heavy atom. The van der Waals surface area contributed by atoms with Crippen molar-refractivity contribution in [1.29, 1.82) is 0 Å². The number of aromatic nitrogens is 4. The van der Waals surface area contributed by atoms with Crippen molar-refractivity contribution >= 4 is 16.8 Å². The number of rotatable bonds is 5. The first kappa shape index (κ1) is 20.3. The standard InChI is InChI=1S/C25H25N5O2/c1-30-11-9-21(29-30)20-8-7-16(15-27-20)12-17-13-18-4-3-10-26-24(18)19(14-17)25(32)28-22-5-2-6-23(22)31/h3-4,7-11,13-15,22-23,31H,2,5-6,12H2,1H3,(H,28,32)/t22-,23-/m0/s1. The van der Waals surface area contributed by atoms with Gasteiger partial charge in [-0.2, -0.15) is 5.10 Å². The van der Waals surface area contributed by atoms with Gasteiger partial charge in [0.05, 0.1) is 28.9 Å². The molecule has 0 spiro atoms. The molecule has 1 aliphatic carbocycles. The Morgan fingerprint density at radius 1 is 1.12 bits per heavy atom. The zero-order valence-corrected chi connectivity index (χ0v) is 17.9. The van der Waals surface area contributed by atoms with E-state index >= 15 is 0 Å². The maximum atomic E-state index is 13.1. The van der Waals surface area contributed by atoms with Crippen LogP contribution >= 0.6 is 0 Å². The van der Waals surface area contributed by atoms with Crippen molar-refractivity contribution in [3.8, 4) is 11.4 Å². The van der Waals surface area contributed by atoms with E-state index in [0.717, 1.165) is 47.2 Å². The fraction of sp³-hybridized carbons (Fsp3) is 0.280. The van der Waals surface area contributed by atoms with Crippen LogP contribution in [-0.2, 0) is 13.5 Å². The topological polar surface area (TPSA) is 92.9 Å². The lowest BCUT2D eigenvalue weighted by atomic mass is 9.99. The first-order valence-corrected chi connectivity index (χ1v) is 10.9. The van der Waals surface area contributed by atoms with Gasteiger partial charge in [0.15, 0.2) is 0 Å². The number of carbonyl (C=O) groups is 1. The number of amides is 1. The minimum Gasteiger partial charge on any atom is -0.391 e. The van der Waals surface area contributed by atoms with Gasteiger partial charge in [0, 0.05) is 31.0 Å². The van der Waals surface area contributed by atoms with Crippen molar-refractivity contribution < 1.29 is 9.90 Å². The Morgan fingerprint density at radius 3 is 2.75 bits per heavy atom. The van der Waals surface area contributed by atoms with Crippen LogP contribution in [0.5, 0.6) is 0 Å². The lowest BCUT2D eigenvalue weighted by Crippen LogP contribution is -2.40. The lowest BCUT2D eigenvalue weighted by molar-refractivity contribution is 0.0874. The number of carbonyl (C=O) groups excluding carboxylic acids is 1. The van der Waals surface area contributed by atoms with Crippen molar-refractivity contribution in [2.45, 2.75) is 37.8 Å². The molecule has 1 amide bonds. The van der Waals surface area contributed by atoms with Crippen LogP contribution in [0.1, 0.15) is 40.7 Å². The highest BCUT2D eigenvalue weighted by atomic mass is 16.3. The Bertz CT molecular complexity index is 1270. The van der Waals surface area contributed by atoms with Gasteiger partial charge in [-0.15, -0.1) is 0 Å². The zero-order chi connectivity index (χ0) is 22.1. The van der Waals surface area contributed by atoms with Gasteiger partial charge < -0.3 is 10.4 Å². The maximum absolute atomic E-state index is 13.1. The third kappa shape index (κ3) is 4.11. The largest absolute Gasteiger partial charge is 0.391 e. The summed E-state index contributed by atoms with van der Waals surface area (Å²) in [5.41, 5.74) is 4.93. The quantitative estimate of drug-likeness (QED) is 0.510. The molecule has 0 aliphatic heterocycles. The number of aryl methyl sites for hydroxylation is 1. The third-order valence-electron chi connectivity index (χ3n) is 6.01. The van der Waals surface area contributed by atoms with Crippen LogP contribution in [0.2, 0.25) is 0 Å². The summed E-state index contributed by atoms with van der Waals surface area (Å²) < 4.78 is 1.76. The van der Waals surface area contributed by atoms with E-state index in [-0.39, 0.29) is 11.9 Å². The summed E-state index contributed by atoms with van der Waals surface area (Å²) in [6.45, 7) is 0. The summed E-state index contributed by atoms with van der Waals surface area (Å²) in [5.74, 6) is -0.190. The highest BCUT2D eigenvalue weighted by molar-refractivity contribution is 6.06. The molecule has 2 N–H and O–H groups in total. The third-order valence-corrected chi connectivity index (χ3v) is 6.01. The van der Waals surface area contributed by atoms with Gasteiger partial charge in [-0.1, -0.05) is 12.1 Å². The molecule has 4 aromatic rings. The minimum atomic E-state index is -0.481. The maximum Gasteiger partial charge on any atom is 0.253 e.